The summed E-state index contributed by atoms with van der Waals surface area (Å²) in [6, 6.07) is 0. The van der Waals surface area contributed by atoms with Crippen molar-refractivity contribution in [2.75, 3.05) is 0 Å². The van der Waals surface area contributed by atoms with E-state index in [4.69, 9.17) is 11.6 Å². The first-order valence-corrected chi connectivity index (χ1v) is 7.50. The maximum atomic E-state index is 6.34. The molecule has 4 heteroatoms. The molecule has 4 rings (SSSR count). The topological polar surface area (TPSA) is 25.8 Å². The number of thiophene rings is 1. The van der Waals surface area contributed by atoms with Crippen LogP contribution >= 0.6 is 22.9 Å². The third-order valence-electron chi connectivity index (χ3n) is 3.65. The van der Waals surface area contributed by atoms with Gasteiger partial charge in [-0.15, -0.1) is 11.3 Å². The minimum Gasteiger partial charge on any atom is -0.222 e. The van der Waals surface area contributed by atoms with E-state index in [1.165, 1.54) is 31.2 Å². The predicted octanol–water partition coefficient (Wildman–Crippen LogP) is 4.17. The molecular weight excluding hydrogens is 252 g/mol. The Morgan fingerprint density at radius 2 is 2.06 bits per heavy atom. The van der Waals surface area contributed by atoms with Gasteiger partial charge in [-0.25, -0.2) is 9.97 Å². The maximum absolute atomic E-state index is 6.34. The van der Waals surface area contributed by atoms with Gasteiger partial charge in [0.05, 0.1) is 5.39 Å². The molecule has 2 aromatic rings. The molecule has 2 fully saturated rings. The molecule has 88 valence electrons. The molecule has 0 atom stereocenters. The summed E-state index contributed by atoms with van der Waals surface area (Å²) in [5.74, 6) is 2.47. The van der Waals surface area contributed by atoms with Crippen LogP contribution in [0.5, 0.6) is 0 Å². The lowest BCUT2D eigenvalue weighted by Gasteiger charge is -2.02. The van der Waals surface area contributed by atoms with Crippen molar-refractivity contribution in [1.29, 1.82) is 0 Å². The molecule has 0 unspecified atom stereocenters. The van der Waals surface area contributed by atoms with E-state index in [1.54, 1.807) is 11.3 Å². The first-order valence-electron chi connectivity index (χ1n) is 6.25. The summed E-state index contributed by atoms with van der Waals surface area (Å²) < 4.78 is 0. The van der Waals surface area contributed by atoms with Crippen molar-refractivity contribution in [3.05, 3.63) is 21.9 Å². The SMILES string of the molecule is Clc1nc(CC2CC2)nc2scc(C3CC3)c12. The number of hydrogen-bond acceptors (Lipinski definition) is 3. The smallest absolute Gasteiger partial charge is 0.141 e. The van der Waals surface area contributed by atoms with Gasteiger partial charge in [-0.05, 0) is 48.5 Å². The second-order valence-corrected chi connectivity index (χ2v) is 6.44. The zero-order chi connectivity index (χ0) is 11.4. The van der Waals surface area contributed by atoms with Crippen LogP contribution in [-0.2, 0) is 6.42 Å². The molecule has 2 aliphatic carbocycles. The molecule has 0 aliphatic heterocycles. The molecule has 0 bridgehead atoms. The highest BCUT2D eigenvalue weighted by atomic mass is 35.5. The third-order valence-corrected chi connectivity index (χ3v) is 4.81. The number of halogens is 1. The Morgan fingerprint density at radius 3 is 2.76 bits per heavy atom. The summed E-state index contributed by atoms with van der Waals surface area (Å²) in [5, 5.41) is 4.02. The second-order valence-electron chi connectivity index (χ2n) is 5.22. The zero-order valence-corrected chi connectivity index (χ0v) is 11.0. The van der Waals surface area contributed by atoms with Crippen molar-refractivity contribution in [2.24, 2.45) is 5.92 Å². The fourth-order valence-corrected chi connectivity index (χ4v) is 3.72. The summed E-state index contributed by atoms with van der Waals surface area (Å²) in [7, 11) is 0. The van der Waals surface area contributed by atoms with Crippen LogP contribution in [-0.4, -0.2) is 9.97 Å². The molecule has 0 aromatic carbocycles. The quantitative estimate of drug-likeness (QED) is 0.778. The van der Waals surface area contributed by atoms with Crippen molar-refractivity contribution in [2.45, 2.75) is 38.0 Å². The molecular formula is C13H13ClN2S. The van der Waals surface area contributed by atoms with Crippen molar-refractivity contribution < 1.29 is 0 Å². The fraction of sp³-hybridized carbons (Fsp3) is 0.538. The molecule has 0 N–H and O–H groups in total. The normalized spacial score (nSPS) is 20.1. The summed E-state index contributed by atoms with van der Waals surface area (Å²) in [6.07, 6.45) is 6.26. The van der Waals surface area contributed by atoms with Crippen molar-refractivity contribution in [3.63, 3.8) is 0 Å². The highest BCUT2D eigenvalue weighted by Crippen LogP contribution is 2.46. The minimum absolute atomic E-state index is 0.675. The molecule has 2 nitrogen and oxygen atoms in total. The number of nitrogens with zero attached hydrogens (tertiary/aromatic N) is 2. The Balaban J connectivity index is 1.81. The van der Waals surface area contributed by atoms with Gasteiger partial charge in [0, 0.05) is 6.42 Å². The molecule has 0 radical (unpaired) electrons. The Hall–Kier alpha value is -0.670. The summed E-state index contributed by atoms with van der Waals surface area (Å²) in [5.41, 5.74) is 1.38. The molecule has 17 heavy (non-hydrogen) atoms. The molecule has 2 saturated carbocycles. The second kappa shape index (κ2) is 3.66. The van der Waals surface area contributed by atoms with E-state index in [2.05, 4.69) is 15.3 Å². The molecule has 2 aromatic heterocycles. The van der Waals surface area contributed by atoms with E-state index in [1.807, 2.05) is 0 Å². The average molecular weight is 265 g/mol. The highest BCUT2D eigenvalue weighted by molar-refractivity contribution is 7.17. The highest BCUT2D eigenvalue weighted by Gasteiger charge is 2.29. The number of hydrogen-bond donors (Lipinski definition) is 0. The molecule has 0 amide bonds. The van der Waals surface area contributed by atoms with E-state index < -0.39 is 0 Å². The van der Waals surface area contributed by atoms with Crippen LogP contribution in [0.25, 0.3) is 10.2 Å². The van der Waals surface area contributed by atoms with Gasteiger partial charge >= 0.3 is 0 Å². The van der Waals surface area contributed by atoms with Crippen LogP contribution in [0.2, 0.25) is 5.15 Å². The van der Waals surface area contributed by atoms with E-state index in [0.29, 0.717) is 5.15 Å². The zero-order valence-electron chi connectivity index (χ0n) is 9.45. The Labute approximate surface area is 109 Å². The number of rotatable bonds is 3. The van der Waals surface area contributed by atoms with E-state index in [9.17, 15) is 0 Å². The van der Waals surface area contributed by atoms with E-state index in [-0.39, 0.29) is 0 Å². The largest absolute Gasteiger partial charge is 0.222 e. The Bertz CT molecular complexity index is 584. The fourth-order valence-electron chi connectivity index (χ4n) is 2.33. The molecule has 2 aliphatic rings. The van der Waals surface area contributed by atoms with Gasteiger partial charge in [-0.1, -0.05) is 11.6 Å². The third kappa shape index (κ3) is 1.85. The van der Waals surface area contributed by atoms with Crippen molar-refractivity contribution in [3.8, 4) is 0 Å². The van der Waals surface area contributed by atoms with Crippen LogP contribution in [0.1, 0.15) is 43.0 Å². The van der Waals surface area contributed by atoms with Gasteiger partial charge in [0.2, 0.25) is 0 Å². The average Bonchev–Trinajstić information content (AvgIpc) is 3.19. The summed E-state index contributed by atoms with van der Waals surface area (Å²) in [6.45, 7) is 0. The number of fused-ring (bicyclic) bond motifs is 1. The van der Waals surface area contributed by atoms with E-state index in [0.717, 1.165) is 34.3 Å². The van der Waals surface area contributed by atoms with E-state index >= 15 is 0 Å². The lowest BCUT2D eigenvalue weighted by atomic mass is 10.1. The van der Waals surface area contributed by atoms with Gasteiger partial charge in [-0.2, -0.15) is 0 Å². The lowest BCUT2D eigenvalue weighted by Crippen LogP contribution is -1.97. The van der Waals surface area contributed by atoms with Gasteiger partial charge in [0.15, 0.2) is 0 Å². The molecule has 2 heterocycles. The first-order chi connectivity index (χ1) is 8.31. The molecule has 0 spiro atoms. The maximum Gasteiger partial charge on any atom is 0.141 e. The predicted molar refractivity (Wildman–Crippen MR) is 70.8 cm³/mol. The minimum atomic E-state index is 0.675. The number of aromatic nitrogens is 2. The summed E-state index contributed by atoms with van der Waals surface area (Å²) >= 11 is 8.06. The van der Waals surface area contributed by atoms with Crippen LogP contribution in [0.4, 0.5) is 0 Å². The van der Waals surface area contributed by atoms with Gasteiger partial charge in [0.1, 0.15) is 15.8 Å². The summed E-state index contributed by atoms with van der Waals surface area (Å²) in [4.78, 5) is 10.2. The first kappa shape index (κ1) is 10.3. The lowest BCUT2D eigenvalue weighted by molar-refractivity contribution is 0.777. The Morgan fingerprint density at radius 1 is 1.24 bits per heavy atom. The van der Waals surface area contributed by atoms with Gasteiger partial charge < -0.3 is 0 Å². The van der Waals surface area contributed by atoms with Crippen LogP contribution in [0.3, 0.4) is 0 Å². The van der Waals surface area contributed by atoms with Gasteiger partial charge in [0.25, 0.3) is 0 Å². The van der Waals surface area contributed by atoms with Gasteiger partial charge in [-0.3, -0.25) is 0 Å². The molecule has 0 saturated heterocycles. The monoisotopic (exact) mass is 264 g/mol. The van der Waals surface area contributed by atoms with Crippen LogP contribution in [0.15, 0.2) is 5.38 Å². The van der Waals surface area contributed by atoms with Crippen molar-refractivity contribution >= 4 is 33.2 Å². The van der Waals surface area contributed by atoms with Crippen LogP contribution in [0, 0.1) is 5.92 Å². The van der Waals surface area contributed by atoms with Crippen LogP contribution < -0.4 is 0 Å². The standard InChI is InChI=1S/C13H13ClN2S/c14-12-11-9(8-3-4-8)6-17-13(11)16-10(15-12)5-7-1-2-7/h6-8H,1-5H2. The van der Waals surface area contributed by atoms with Crippen molar-refractivity contribution in [1.82, 2.24) is 9.97 Å². The Kier molecular flexibility index (Phi) is 2.21.